The Morgan fingerprint density at radius 2 is 2.10 bits per heavy atom. The molecule has 0 spiro atoms. The monoisotopic (exact) mass is 370 g/mol. The topological polar surface area (TPSA) is 64.4 Å². The summed E-state index contributed by atoms with van der Waals surface area (Å²) < 4.78 is 6.42. The molecule has 0 aliphatic heterocycles. The van der Waals surface area contributed by atoms with Crippen molar-refractivity contribution in [2.24, 2.45) is 0 Å². The molecular formula is C14H12BrClN2O3. The largest absolute Gasteiger partial charge is 0.456 e. The molecular weight excluding hydrogens is 360 g/mol. The highest BCUT2D eigenvalue weighted by atomic mass is 79.9. The fraction of sp³-hybridized carbons (Fsp3) is 0.143. The van der Waals surface area contributed by atoms with Crippen LogP contribution in [0.4, 0.5) is 5.69 Å². The number of nitro groups is 1. The van der Waals surface area contributed by atoms with E-state index < -0.39 is 4.92 Å². The molecule has 0 radical (unpaired) electrons. The van der Waals surface area contributed by atoms with Gasteiger partial charge in [-0.3, -0.25) is 10.1 Å². The number of hydrogen-bond donors (Lipinski definition) is 1. The van der Waals surface area contributed by atoms with Crippen LogP contribution in [-0.4, -0.2) is 12.0 Å². The van der Waals surface area contributed by atoms with Crippen LogP contribution in [0.2, 0.25) is 5.02 Å². The quantitative estimate of drug-likeness (QED) is 0.620. The molecule has 0 aliphatic carbocycles. The average Bonchev–Trinajstić information content (AvgIpc) is 2.44. The number of halogens is 2. The maximum Gasteiger partial charge on any atom is 0.273 e. The van der Waals surface area contributed by atoms with E-state index in [0.29, 0.717) is 27.5 Å². The Bertz CT molecular complexity index is 679. The van der Waals surface area contributed by atoms with Crippen molar-refractivity contribution >= 4 is 33.2 Å². The molecule has 0 unspecified atom stereocenters. The fourth-order valence-corrected chi connectivity index (χ4v) is 2.35. The van der Waals surface area contributed by atoms with E-state index in [0.717, 1.165) is 5.56 Å². The fourth-order valence-electron chi connectivity index (χ4n) is 1.79. The summed E-state index contributed by atoms with van der Waals surface area (Å²) in [5.41, 5.74) is 0.755. The van der Waals surface area contributed by atoms with Crippen LogP contribution in [0.25, 0.3) is 0 Å². The molecule has 0 saturated carbocycles. The highest BCUT2D eigenvalue weighted by Gasteiger charge is 2.14. The molecule has 0 aliphatic rings. The summed E-state index contributed by atoms with van der Waals surface area (Å²) in [5.74, 6) is 0.918. The van der Waals surface area contributed by atoms with Crippen LogP contribution >= 0.6 is 27.5 Å². The van der Waals surface area contributed by atoms with Gasteiger partial charge in [0.2, 0.25) is 0 Å². The van der Waals surface area contributed by atoms with Crippen LogP contribution in [0, 0.1) is 10.1 Å². The van der Waals surface area contributed by atoms with E-state index in [2.05, 4.69) is 21.2 Å². The lowest BCUT2D eigenvalue weighted by atomic mass is 10.2. The van der Waals surface area contributed by atoms with Crippen LogP contribution in [0.15, 0.2) is 40.9 Å². The summed E-state index contributed by atoms with van der Waals surface area (Å²) in [6.07, 6.45) is 0. The van der Waals surface area contributed by atoms with Crippen LogP contribution < -0.4 is 10.1 Å². The zero-order valence-corrected chi connectivity index (χ0v) is 13.4. The van der Waals surface area contributed by atoms with E-state index >= 15 is 0 Å². The van der Waals surface area contributed by atoms with Gasteiger partial charge in [-0.05, 0) is 41.2 Å². The van der Waals surface area contributed by atoms with Gasteiger partial charge in [-0.2, -0.15) is 0 Å². The van der Waals surface area contributed by atoms with Gasteiger partial charge in [-0.15, -0.1) is 0 Å². The molecule has 110 valence electrons. The predicted octanol–water partition coefficient (Wildman–Crippen LogP) is 4.52. The lowest BCUT2D eigenvalue weighted by molar-refractivity contribution is -0.384. The number of nitro benzene ring substituents is 1. The minimum absolute atomic E-state index is 0.0367. The van der Waals surface area contributed by atoms with Gasteiger partial charge in [-0.1, -0.05) is 17.7 Å². The molecule has 1 N–H and O–H groups in total. The summed E-state index contributed by atoms with van der Waals surface area (Å²) >= 11 is 9.48. The van der Waals surface area contributed by atoms with Gasteiger partial charge in [0.15, 0.2) is 0 Å². The first-order valence-corrected chi connectivity index (χ1v) is 7.24. The third-order valence-corrected chi connectivity index (χ3v) is 3.78. The Labute approximate surface area is 135 Å². The average molecular weight is 372 g/mol. The number of rotatable bonds is 5. The molecule has 0 amide bonds. The third kappa shape index (κ3) is 3.72. The van der Waals surface area contributed by atoms with Crippen molar-refractivity contribution in [2.45, 2.75) is 6.54 Å². The second-order valence-electron chi connectivity index (χ2n) is 4.22. The van der Waals surface area contributed by atoms with Crippen LogP contribution in [0.3, 0.4) is 0 Å². The van der Waals surface area contributed by atoms with Gasteiger partial charge in [0.05, 0.1) is 15.5 Å². The highest BCUT2D eigenvalue weighted by Crippen LogP contribution is 2.36. The molecule has 2 aromatic carbocycles. The summed E-state index contributed by atoms with van der Waals surface area (Å²) in [4.78, 5) is 10.4. The molecule has 5 nitrogen and oxygen atoms in total. The zero-order valence-electron chi connectivity index (χ0n) is 11.1. The maximum atomic E-state index is 10.8. The first-order valence-electron chi connectivity index (χ1n) is 6.06. The smallest absolute Gasteiger partial charge is 0.273 e. The van der Waals surface area contributed by atoms with Gasteiger partial charge in [0.1, 0.15) is 11.5 Å². The second-order valence-corrected chi connectivity index (χ2v) is 5.48. The van der Waals surface area contributed by atoms with Crippen molar-refractivity contribution in [3.8, 4) is 11.5 Å². The maximum absolute atomic E-state index is 10.8. The van der Waals surface area contributed by atoms with Crippen molar-refractivity contribution in [3.05, 3.63) is 61.6 Å². The zero-order chi connectivity index (χ0) is 15.4. The van der Waals surface area contributed by atoms with Gasteiger partial charge in [0, 0.05) is 23.2 Å². The first kappa shape index (κ1) is 15.8. The number of nitrogens with zero attached hydrogens (tertiary/aromatic N) is 1. The summed E-state index contributed by atoms with van der Waals surface area (Å²) in [6, 6.07) is 9.66. The molecule has 0 fully saturated rings. The number of nitrogens with one attached hydrogen (secondary N) is 1. The standard InChI is InChI=1S/C14H12BrClN2O3/c1-17-8-10-12(16)3-2-4-13(10)21-14-7-9(18(19)20)5-6-11(14)15/h2-7,17H,8H2,1H3. The normalized spacial score (nSPS) is 10.4. The SMILES string of the molecule is CNCc1c(Cl)cccc1Oc1cc([N+](=O)[O-])ccc1Br. The third-order valence-electron chi connectivity index (χ3n) is 2.77. The minimum Gasteiger partial charge on any atom is -0.456 e. The molecule has 0 bridgehead atoms. The van der Waals surface area contributed by atoms with E-state index in [-0.39, 0.29) is 5.69 Å². The first-order chi connectivity index (χ1) is 10.0. The van der Waals surface area contributed by atoms with E-state index in [9.17, 15) is 10.1 Å². The second kappa shape index (κ2) is 6.89. The van der Waals surface area contributed by atoms with E-state index in [1.54, 1.807) is 31.3 Å². The Morgan fingerprint density at radius 1 is 1.33 bits per heavy atom. The Balaban J connectivity index is 2.40. The van der Waals surface area contributed by atoms with Gasteiger partial charge in [-0.25, -0.2) is 0 Å². The summed E-state index contributed by atoms with van der Waals surface area (Å²) in [6.45, 7) is 0.529. The lowest BCUT2D eigenvalue weighted by Gasteiger charge is -2.13. The molecule has 2 rings (SSSR count). The van der Waals surface area contributed by atoms with Gasteiger partial charge >= 0.3 is 0 Å². The number of hydrogen-bond acceptors (Lipinski definition) is 4. The number of non-ortho nitro benzene ring substituents is 1. The van der Waals surface area contributed by atoms with Crippen molar-refractivity contribution < 1.29 is 9.66 Å². The predicted molar refractivity (Wildman–Crippen MR) is 85.1 cm³/mol. The van der Waals surface area contributed by atoms with Crippen LogP contribution in [0.1, 0.15) is 5.56 Å². The molecule has 0 atom stereocenters. The van der Waals surface area contributed by atoms with Crippen LogP contribution in [0.5, 0.6) is 11.5 Å². The Kier molecular flexibility index (Phi) is 5.17. The number of benzene rings is 2. The lowest BCUT2D eigenvalue weighted by Crippen LogP contribution is -2.07. The summed E-state index contributed by atoms with van der Waals surface area (Å²) in [5, 5.41) is 14.4. The molecule has 0 saturated heterocycles. The molecule has 0 heterocycles. The van der Waals surface area contributed by atoms with E-state index in [1.165, 1.54) is 12.1 Å². The van der Waals surface area contributed by atoms with Crippen molar-refractivity contribution in [1.82, 2.24) is 5.32 Å². The molecule has 21 heavy (non-hydrogen) atoms. The molecule has 7 heteroatoms. The van der Waals surface area contributed by atoms with E-state index in [1.807, 2.05) is 0 Å². The van der Waals surface area contributed by atoms with Crippen molar-refractivity contribution in [3.63, 3.8) is 0 Å². The van der Waals surface area contributed by atoms with Crippen molar-refractivity contribution in [1.29, 1.82) is 0 Å². The van der Waals surface area contributed by atoms with Crippen LogP contribution in [-0.2, 0) is 6.54 Å². The van der Waals surface area contributed by atoms with E-state index in [4.69, 9.17) is 16.3 Å². The Morgan fingerprint density at radius 3 is 2.76 bits per heavy atom. The van der Waals surface area contributed by atoms with Gasteiger partial charge in [0.25, 0.3) is 5.69 Å². The van der Waals surface area contributed by atoms with Crippen molar-refractivity contribution in [2.75, 3.05) is 7.05 Å². The molecule has 2 aromatic rings. The number of ether oxygens (including phenoxy) is 1. The Hall–Kier alpha value is -1.63. The van der Waals surface area contributed by atoms with Gasteiger partial charge < -0.3 is 10.1 Å². The highest BCUT2D eigenvalue weighted by molar-refractivity contribution is 9.10. The summed E-state index contributed by atoms with van der Waals surface area (Å²) in [7, 11) is 1.80. The minimum atomic E-state index is -0.466. The molecule has 0 aromatic heterocycles.